The number of rotatable bonds is 0. The van der Waals surface area contributed by atoms with Gasteiger partial charge in [-0.1, -0.05) is 20.8 Å². The standard InChI is InChI=1S/C9H14N2S/c1-9(2,3)8-4-7-5-12-6-11(7)10-8/h4H,5-6H2,1-3H3. The Balaban J connectivity index is 2.38. The first-order valence-electron chi connectivity index (χ1n) is 4.22. The number of fused-ring (bicyclic) bond motifs is 1. The molecule has 0 saturated carbocycles. The summed E-state index contributed by atoms with van der Waals surface area (Å²) in [5, 5.41) is 4.56. The van der Waals surface area contributed by atoms with Crippen LogP contribution in [-0.4, -0.2) is 9.78 Å². The van der Waals surface area contributed by atoms with Gasteiger partial charge in [-0.15, -0.1) is 11.8 Å². The predicted molar refractivity (Wildman–Crippen MR) is 52.2 cm³/mol. The molecular formula is C9H14N2S. The van der Waals surface area contributed by atoms with Gasteiger partial charge < -0.3 is 0 Å². The summed E-state index contributed by atoms with van der Waals surface area (Å²) in [6, 6.07) is 2.24. The lowest BCUT2D eigenvalue weighted by atomic mass is 9.92. The summed E-state index contributed by atoms with van der Waals surface area (Å²) >= 11 is 1.93. The molecule has 1 aliphatic heterocycles. The van der Waals surface area contributed by atoms with Crippen LogP contribution in [0, 0.1) is 0 Å². The zero-order valence-corrected chi connectivity index (χ0v) is 8.61. The van der Waals surface area contributed by atoms with E-state index in [0.717, 1.165) is 11.6 Å². The van der Waals surface area contributed by atoms with E-state index < -0.39 is 0 Å². The smallest absolute Gasteiger partial charge is 0.0870 e. The molecule has 0 saturated heterocycles. The molecule has 0 aliphatic carbocycles. The zero-order chi connectivity index (χ0) is 8.77. The van der Waals surface area contributed by atoms with Crippen molar-refractivity contribution in [2.45, 2.75) is 37.8 Å². The molecule has 0 aromatic carbocycles. The second-order valence-electron chi connectivity index (χ2n) is 4.25. The van der Waals surface area contributed by atoms with Crippen molar-refractivity contribution < 1.29 is 0 Å². The van der Waals surface area contributed by atoms with Crippen molar-refractivity contribution in [3.63, 3.8) is 0 Å². The normalized spacial score (nSPS) is 16.6. The van der Waals surface area contributed by atoms with Gasteiger partial charge in [0.25, 0.3) is 0 Å². The molecule has 1 aromatic heterocycles. The number of aromatic nitrogens is 2. The maximum absolute atomic E-state index is 4.56. The van der Waals surface area contributed by atoms with Crippen LogP contribution >= 0.6 is 11.8 Å². The third-order valence-electron chi connectivity index (χ3n) is 2.10. The molecule has 3 heteroatoms. The van der Waals surface area contributed by atoms with Gasteiger partial charge in [0.05, 0.1) is 11.6 Å². The number of hydrogen-bond acceptors (Lipinski definition) is 2. The van der Waals surface area contributed by atoms with Crippen molar-refractivity contribution in [1.82, 2.24) is 9.78 Å². The zero-order valence-electron chi connectivity index (χ0n) is 7.79. The molecule has 2 nitrogen and oxygen atoms in total. The Morgan fingerprint density at radius 1 is 1.50 bits per heavy atom. The first kappa shape index (κ1) is 8.17. The van der Waals surface area contributed by atoms with E-state index in [2.05, 4.69) is 36.6 Å². The van der Waals surface area contributed by atoms with Gasteiger partial charge in [-0.3, -0.25) is 4.68 Å². The fourth-order valence-electron chi connectivity index (χ4n) is 1.29. The van der Waals surface area contributed by atoms with Crippen molar-refractivity contribution in [3.05, 3.63) is 17.5 Å². The molecule has 66 valence electrons. The molecule has 0 radical (unpaired) electrons. The van der Waals surface area contributed by atoms with Crippen LogP contribution in [0.4, 0.5) is 0 Å². The van der Waals surface area contributed by atoms with Crippen LogP contribution in [0.1, 0.15) is 32.2 Å². The summed E-state index contributed by atoms with van der Waals surface area (Å²) in [5.74, 6) is 2.16. The topological polar surface area (TPSA) is 17.8 Å². The van der Waals surface area contributed by atoms with E-state index in [1.165, 1.54) is 11.4 Å². The fraction of sp³-hybridized carbons (Fsp3) is 0.667. The minimum absolute atomic E-state index is 0.196. The Kier molecular flexibility index (Phi) is 1.72. The second kappa shape index (κ2) is 2.52. The summed E-state index contributed by atoms with van der Waals surface area (Å²) in [7, 11) is 0. The third-order valence-corrected chi connectivity index (χ3v) is 3.02. The van der Waals surface area contributed by atoms with Gasteiger partial charge in [0, 0.05) is 16.9 Å². The maximum Gasteiger partial charge on any atom is 0.0870 e. The number of hydrogen-bond donors (Lipinski definition) is 0. The average molecular weight is 182 g/mol. The lowest BCUT2D eigenvalue weighted by Gasteiger charge is -2.14. The largest absolute Gasteiger partial charge is 0.258 e. The molecule has 1 aliphatic rings. The van der Waals surface area contributed by atoms with Gasteiger partial charge in [0.2, 0.25) is 0 Å². The van der Waals surface area contributed by atoms with Crippen LogP contribution in [-0.2, 0) is 17.0 Å². The van der Waals surface area contributed by atoms with Crippen molar-refractivity contribution in [1.29, 1.82) is 0 Å². The SMILES string of the molecule is CC(C)(C)c1cc2n(n1)CSC2. The first-order chi connectivity index (χ1) is 5.57. The van der Waals surface area contributed by atoms with Gasteiger partial charge in [0.15, 0.2) is 0 Å². The van der Waals surface area contributed by atoms with E-state index in [0.29, 0.717) is 0 Å². The fourth-order valence-corrected chi connectivity index (χ4v) is 2.22. The maximum atomic E-state index is 4.56. The van der Waals surface area contributed by atoms with Crippen LogP contribution in [0.25, 0.3) is 0 Å². The van der Waals surface area contributed by atoms with Crippen molar-refractivity contribution >= 4 is 11.8 Å². The Labute approximate surface area is 77.3 Å². The minimum Gasteiger partial charge on any atom is -0.258 e. The third kappa shape index (κ3) is 1.26. The Hall–Kier alpha value is -0.440. The van der Waals surface area contributed by atoms with Gasteiger partial charge >= 0.3 is 0 Å². The Morgan fingerprint density at radius 3 is 2.83 bits per heavy atom. The van der Waals surface area contributed by atoms with Crippen LogP contribution in [0.3, 0.4) is 0 Å². The Morgan fingerprint density at radius 2 is 2.25 bits per heavy atom. The second-order valence-corrected chi connectivity index (χ2v) is 5.20. The molecule has 2 rings (SSSR count). The molecule has 0 spiro atoms. The monoisotopic (exact) mass is 182 g/mol. The van der Waals surface area contributed by atoms with Gasteiger partial charge in [-0.05, 0) is 6.07 Å². The predicted octanol–water partition coefficient (Wildman–Crippen LogP) is 2.38. The number of thioether (sulfide) groups is 1. The highest BCUT2D eigenvalue weighted by Gasteiger charge is 2.21. The lowest BCUT2D eigenvalue weighted by molar-refractivity contribution is 0.552. The molecule has 2 heterocycles. The summed E-state index contributed by atoms with van der Waals surface area (Å²) < 4.78 is 2.12. The molecule has 1 aromatic rings. The highest BCUT2D eigenvalue weighted by molar-refractivity contribution is 7.97. The highest BCUT2D eigenvalue weighted by atomic mass is 32.2. The molecule has 0 bridgehead atoms. The van der Waals surface area contributed by atoms with Crippen LogP contribution in [0.2, 0.25) is 0 Å². The summed E-state index contributed by atoms with van der Waals surface area (Å²) in [5.41, 5.74) is 2.80. The Bertz CT molecular complexity index is 274. The molecular weight excluding hydrogens is 168 g/mol. The highest BCUT2D eigenvalue weighted by Crippen LogP contribution is 2.28. The first-order valence-corrected chi connectivity index (χ1v) is 5.38. The van der Waals surface area contributed by atoms with E-state index in [1.807, 2.05) is 11.8 Å². The molecule has 0 amide bonds. The summed E-state index contributed by atoms with van der Waals surface area (Å²) in [6.07, 6.45) is 0. The molecule has 0 N–H and O–H groups in total. The van der Waals surface area contributed by atoms with Crippen LogP contribution in [0.15, 0.2) is 6.07 Å². The van der Waals surface area contributed by atoms with Crippen molar-refractivity contribution in [3.8, 4) is 0 Å². The van der Waals surface area contributed by atoms with E-state index >= 15 is 0 Å². The van der Waals surface area contributed by atoms with Crippen molar-refractivity contribution in [2.75, 3.05) is 0 Å². The van der Waals surface area contributed by atoms with E-state index in [4.69, 9.17) is 0 Å². The van der Waals surface area contributed by atoms with E-state index in [1.54, 1.807) is 0 Å². The van der Waals surface area contributed by atoms with Gasteiger partial charge in [-0.2, -0.15) is 5.10 Å². The minimum atomic E-state index is 0.196. The van der Waals surface area contributed by atoms with Gasteiger partial charge in [-0.25, -0.2) is 0 Å². The van der Waals surface area contributed by atoms with E-state index in [9.17, 15) is 0 Å². The lowest BCUT2D eigenvalue weighted by Crippen LogP contribution is -2.12. The van der Waals surface area contributed by atoms with Crippen LogP contribution < -0.4 is 0 Å². The number of nitrogens with zero attached hydrogens (tertiary/aromatic N) is 2. The van der Waals surface area contributed by atoms with Crippen molar-refractivity contribution in [2.24, 2.45) is 0 Å². The summed E-state index contributed by atoms with van der Waals surface area (Å²) in [6.45, 7) is 6.62. The summed E-state index contributed by atoms with van der Waals surface area (Å²) in [4.78, 5) is 0. The molecule has 12 heavy (non-hydrogen) atoms. The molecule has 0 unspecified atom stereocenters. The molecule has 0 atom stereocenters. The van der Waals surface area contributed by atoms with Crippen LogP contribution in [0.5, 0.6) is 0 Å². The average Bonchev–Trinajstić information content (AvgIpc) is 2.37. The molecule has 0 fully saturated rings. The quantitative estimate of drug-likeness (QED) is 0.613. The van der Waals surface area contributed by atoms with E-state index in [-0.39, 0.29) is 5.41 Å². The van der Waals surface area contributed by atoms with Gasteiger partial charge in [0.1, 0.15) is 0 Å².